The topological polar surface area (TPSA) is 66.9 Å². The van der Waals surface area contributed by atoms with E-state index in [1.807, 2.05) is 0 Å². The molecule has 1 amide bonds. The zero-order chi connectivity index (χ0) is 16.2. The number of hydrogen-bond donors (Lipinski definition) is 0. The maximum atomic E-state index is 13.2. The maximum absolute atomic E-state index is 13.2. The van der Waals surface area contributed by atoms with Crippen molar-refractivity contribution < 1.29 is 22.3 Å². The molecule has 0 N–H and O–H groups in total. The molecule has 1 saturated heterocycles. The summed E-state index contributed by atoms with van der Waals surface area (Å²) in [4.78, 5) is 13.0. The Bertz CT molecular complexity index is 635. The van der Waals surface area contributed by atoms with Crippen LogP contribution in [0.15, 0.2) is 24.3 Å². The molecule has 0 radical (unpaired) electrons. The van der Waals surface area contributed by atoms with Crippen LogP contribution < -0.4 is 0 Å². The molecule has 1 aromatic rings. The summed E-state index contributed by atoms with van der Waals surface area (Å²) in [5.41, 5.74) is 0.411. The van der Waals surface area contributed by atoms with E-state index in [2.05, 4.69) is 4.74 Å². The highest BCUT2D eigenvalue weighted by molar-refractivity contribution is 7.88. The lowest BCUT2D eigenvalue weighted by Crippen LogP contribution is -2.37. The quantitative estimate of drug-likeness (QED) is 0.841. The van der Waals surface area contributed by atoms with Gasteiger partial charge in [0.25, 0.3) is 0 Å². The van der Waals surface area contributed by atoms with Gasteiger partial charge in [0.2, 0.25) is 10.0 Å². The molecule has 2 rings (SSSR count). The Morgan fingerprint density at radius 3 is 2.73 bits per heavy atom. The average Bonchev–Trinajstić information content (AvgIpc) is 2.72. The second-order valence-corrected chi connectivity index (χ2v) is 7.06. The van der Waals surface area contributed by atoms with Crippen molar-refractivity contribution in [3.8, 4) is 0 Å². The Kier molecular flexibility index (Phi) is 5.36. The van der Waals surface area contributed by atoms with Crippen LogP contribution in [0.3, 0.4) is 0 Å². The molecule has 1 aliphatic heterocycles. The minimum atomic E-state index is -3.54. The van der Waals surface area contributed by atoms with Gasteiger partial charge < -0.3 is 9.64 Å². The van der Waals surface area contributed by atoms with Crippen molar-refractivity contribution in [2.45, 2.75) is 12.2 Å². The number of methoxy groups -OCH3 is 1. The highest BCUT2D eigenvalue weighted by atomic mass is 32.2. The number of sulfonamides is 1. The van der Waals surface area contributed by atoms with Gasteiger partial charge in [0, 0.05) is 26.2 Å². The number of rotatable bonds is 3. The van der Waals surface area contributed by atoms with Gasteiger partial charge in [-0.1, -0.05) is 12.1 Å². The molecule has 22 heavy (non-hydrogen) atoms. The first-order valence-corrected chi connectivity index (χ1v) is 8.58. The molecule has 1 aromatic carbocycles. The zero-order valence-corrected chi connectivity index (χ0v) is 13.2. The fraction of sp³-hybridized carbons (Fsp3) is 0.500. The van der Waals surface area contributed by atoms with E-state index in [0.29, 0.717) is 25.1 Å². The number of amides is 1. The molecule has 0 saturated carbocycles. The van der Waals surface area contributed by atoms with E-state index >= 15 is 0 Å². The maximum Gasteiger partial charge on any atom is 0.409 e. The number of carbonyl (C=O) groups excluding carboxylic acids is 1. The lowest BCUT2D eigenvalue weighted by molar-refractivity contribution is 0.126. The van der Waals surface area contributed by atoms with Crippen LogP contribution in [-0.2, 0) is 20.5 Å². The van der Waals surface area contributed by atoms with Gasteiger partial charge in [-0.3, -0.25) is 0 Å². The molecule has 1 fully saturated rings. The molecule has 0 aromatic heterocycles. The summed E-state index contributed by atoms with van der Waals surface area (Å²) in [6.07, 6.45) is 0.0849. The van der Waals surface area contributed by atoms with Gasteiger partial charge in [0.05, 0.1) is 12.9 Å². The molecule has 0 atom stereocenters. The smallest absolute Gasteiger partial charge is 0.409 e. The second kappa shape index (κ2) is 7.06. The number of halogens is 1. The van der Waals surface area contributed by atoms with Gasteiger partial charge in [0.15, 0.2) is 0 Å². The molecule has 0 bridgehead atoms. The van der Waals surface area contributed by atoms with E-state index in [1.54, 1.807) is 6.07 Å². The van der Waals surface area contributed by atoms with E-state index in [0.717, 1.165) is 0 Å². The Morgan fingerprint density at radius 1 is 1.27 bits per heavy atom. The van der Waals surface area contributed by atoms with Crippen LogP contribution in [0.25, 0.3) is 0 Å². The summed E-state index contributed by atoms with van der Waals surface area (Å²) in [6.45, 7) is 1.30. The van der Waals surface area contributed by atoms with Crippen molar-refractivity contribution in [1.29, 1.82) is 0 Å². The molecule has 8 heteroatoms. The summed E-state index contributed by atoms with van der Waals surface area (Å²) in [6, 6.07) is 5.56. The zero-order valence-electron chi connectivity index (χ0n) is 12.4. The number of carbonyl (C=O) groups is 1. The largest absolute Gasteiger partial charge is 0.453 e. The van der Waals surface area contributed by atoms with Gasteiger partial charge in [-0.25, -0.2) is 17.6 Å². The monoisotopic (exact) mass is 330 g/mol. The fourth-order valence-corrected chi connectivity index (χ4v) is 3.96. The summed E-state index contributed by atoms with van der Waals surface area (Å²) in [5.74, 6) is -0.705. The first-order chi connectivity index (χ1) is 10.4. The van der Waals surface area contributed by atoms with Gasteiger partial charge >= 0.3 is 6.09 Å². The molecular formula is C14H19FN2O4S. The SMILES string of the molecule is COC(=O)N1CCCN(S(=O)(=O)Cc2cccc(F)c2)CC1. The van der Waals surface area contributed by atoms with E-state index in [4.69, 9.17) is 0 Å². The summed E-state index contributed by atoms with van der Waals surface area (Å²) in [5, 5.41) is 0. The lowest BCUT2D eigenvalue weighted by atomic mass is 10.2. The Labute approximate surface area is 129 Å². The van der Waals surface area contributed by atoms with Crippen molar-refractivity contribution in [2.75, 3.05) is 33.3 Å². The Morgan fingerprint density at radius 2 is 2.05 bits per heavy atom. The Balaban J connectivity index is 2.05. The second-order valence-electron chi connectivity index (χ2n) is 5.10. The predicted octanol–water partition coefficient (Wildman–Crippen LogP) is 1.43. The van der Waals surface area contributed by atoms with Gasteiger partial charge in [-0.15, -0.1) is 0 Å². The molecule has 0 spiro atoms. The molecule has 0 unspecified atom stereocenters. The first kappa shape index (κ1) is 16.7. The van der Waals surface area contributed by atoms with E-state index in [1.165, 1.54) is 34.5 Å². The normalized spacial score (nSPS) is 17.1. The number of hydrogen-bond acceptors (Lipinski definition) is 4. The van der Waals surface area contributed by atoms with Crippen molar-refractivity contribution in [3.05, 3.63) is 35.6 Å². The number of nitrogens with zero attached hydrogens (tertiary/aromatic N) is 2. The molecule has 1 aliphatic rings. The van der Waals surface area contributed by atoms with Gasteiger partial charge in [-0.2, -0.15) is 4.31 Å². The highest BCUT2D eigenvalue weighted by Gasteiger charge is 2.27. The molecule has 122 valence electrons. The third kappa shape index (κ3) is 4.17. The Hall–Kier alpha value is -1.67. The summed E-state index contributed by atoms with van der Waals surface area (Å²) in [7, 11) is -2.25. The standard InChI is InChI=1S/C14H19FN2O4S/c1-21-14(18)16-6-3-7-17(9-8-16)22(19,20)11-12-4-2-5-13(15)10-12/h2,4-5,10H,3,6-9,11H2,1H3. The van der Waals surface area contributed by atoms with Crippen LogP contribution in [0, 0.1) is 5.82 Å². The minimum Gasteiger partial charge on any atom is -0.453 e. The van der Waals surface area contributed by atoms with Crippen LogP contribution in [0.5, 0.6) is 0 Å². The summed E-state index contributed by atoms with van der Waals surface area (Å²) >= 11 is 0. The van der Waals surface area contributed by atoms with E-state index < -0.39 is 21.9 Å². The van der Waals surface area contributed by atoms with E-state index in [9.17, 15) is 17.6 Å². The highest BCUT2D eigenvalue weighted by Crippen LogP contribution is 2.15. The number of benzene rings is 1. The lowest BCUT2D eigenvalue weighted by Gasteiger charge is -2.21. The molecular weight excluding hydrogens is 311 g/mol. The third-order valence-corrected chi connectivity index (χ3v) is 5.37. The first-order valence-electron chi connectivity index (χ1n) is 6.97. The van der Waals surface area contributed by atoms with Crippen LogP contribution in [-0.4, -0.2) is 57.0 Å². The van der Waals surface area contributed by atoms with Crippen molar-refractivity contribution >= 4 is 16.1 Å². The fourth-order valence-electron chi connectivity index (χ4n) is 2.41. The van der Waals surface area contributed by atoms with Crippen LogP contribution in [0.4, 0.5) is 9.18 Å². The van der Waals surface area contributed by atoms with Gasteiger partial charge in [-0.05, 0) is 24.1 Å². The predicted molar refractivity (Wildman–Crippen MR) is 79.2 cm³/mol. The average molecular weight is 330 g/mol. The van der Waals surface area contributed by atoms with Gasteiger partial charge in [0.1, 0.15) is 5.82 Å². The van der Waals surface area contributed by atoms with Crippen molar-refractivity contribution in [2.24, 2.45) is 0 Å². The van der Waals surface area contributed by atoms with Crippen LogP contribution >= 0.6 is 0 Å². The van der Waals surface area contributed by atoms with Crippen LogP contribution in [0.1, 0.15) is 12.0 Å². The third-order valence-electron chi connectivity index (χ3n) is 3.52. The van der Waals surface area contributed by atoms with Crippen LogP contribution in [0.2, 0.25) is 0 Å². The van der Waals surface area contributed by atoms with Crippen molar-refractivity contribution in [3.63, 3.8) is 0 Å². The molecule has 0 aliphatic carbocycles. The summed E-state index contributed by atoms with van der Waals surface area (Å²) < 4.78 is 44.0. The van der Waals surface area contributed by atoms with Crippen molar-refractivity contribution in [1.82, 2.24) is 9.21 Å². The minimum absolute atomic E-state index is 0.215. The molecule has 1 heterocycles. The number of ether oxygens (including phenoxy) is 1. The van der Waals surface area contributed by atoms with E-state index in [-0.39, 0.29) is 18.8 Å². The molecule has 6 nitrogen and oxygen atoms in total.